The van der Waals surface area contributed by atoms with Crippen LogP contribution in [0.25, 0.3) is 0 Å². The van der Waals surface area contributed by atoms with Gasteiger partial charge in [-0.15, -0.1) is 0 Å². The van der Waals surface area contributed by atoms with E-state index in [-0.39, 0.29) is 23.7 Å². The number of rotatable bonds is 4. The Balaban J connectivity index is 2.67. The van der Waals surface area contributed by atoms with Crippen molar-refractivity contribution in [1.29, 1.82) is 0 Å². The maximum atomic E-state index is 11.3. The average molecular weight is 245 g/mol. The second kappa shape index (κ2) is 5.45. The molecular weight excluding hydrogens is 232 g/mol. The Kier molecular flexibility index (Phi) is 4.24. The number of hydrogen-bond donors (Lipinski definition) is 2. The van der Waals surface area contributed by atoms with Crippen LogP contribution in [-0.2, 0) is 4.79 Å². The number of aromatic nitrogens is 3. The van der Waals surface area contributed by atoms with E-state index in [1.807, 2.05) is 0 Å². The molecular formula is C8H13ClN6O. The van der Waals surface area contributed by atoms with Gasteiger partial charge in [-0.25, -0.2) is 0 Å². The Morgan fingerprint density at radius 3 is 2.50 bits per heavy atom. The number of nitrogens with zero attached hydrogens (tertiary/aromatic N) is 4. The molecule has 0 spiro atoms. The molecule has 8 heteroatoms. The van der Waals surface area contributed by atoms with Gasteiger partial charge in [-0.1, -0.05) is 0 Å². The smallest absolute Gasteiger partial charge is 0.241 e. The Labute approximate surface area is 98.2 Å². The van der Waals surface area contributed by atoms with E-state index in [4.69, 9.17) is 11.6 Å². The molecule has 1 rings (SSSR count). The first-order valence-electron chi connectivity index (χ1n) is 4.56. The molecule has 0 saturated heterocycles. The predicted molar refractivity (Wildman–Crippen MR) is 61.6 cm³/mol. The first kappa shape index (κ1) is 12.4. The normalized spacial score (nSPS) is 9.75. The summed E-state index contributed by atoms with van der Waals surface area (Å²) in [5.41, 5.74) is 0. The van der Waals surface area contributed by atoms with Crippen molar-refractivity contribution in [2.75, 3.05) is 38.3 Å². The highest BCUT2D eigenvalue weighted by Crippen LogP contribution is 2.08. The SMILES string of the molecule is CNc1nc(Cl)nc(NCC(=O)N(C)C)n1. The van der Waals surface area contributed by atoms with Gasteiger partial charge >= 0.3 is 0 Å². The molecule has 1 amide bonds. The van der Waals surface area contributed by atoms with Crippen LogP contribution >= 0.6 is 11.6 Å². The summed E-state index contributed by atoms with van der Waals surface area (Å²) in [7, 11) is 5.01. The maximum absolute atomic E-state index is 11.3. The van der Waals surface area contributed by atoms with Gasteiger partial charge in [-0.3, -0.25) is 4.79 Å². The van der Waals surface area contributed by atoms with Gasteiger partial charge < -0.3 is 15.5 Å². The lowest BCUT2D eigenvalue weighted by molar-refractivity contribution is -0.126. The van der Waals surface area contributed by atoms with Gasteiger partial charge in [0.25, 0.3) is 0 Å². The van der Waals surface area contributed by atoms with E-state index in [0.717, 1.165) is 0 Å². The summed E-state index contributed by atoms with van der Waals surface area (Å²) in [6.45, 7) is 0.108. The Morgan fingerprint density at radius 1 is 1.31 bits per heavy atom. The third-order valence-electron chi connectivity index (χ3n) is 1.73. The van der Waals surface area contributed by atoms with Crippen molar-refractivity contribution in [3.8, 4) is 0 Å². The summed E-state index contributed by atoms with van der Waals surface area (Å²) >= 11 is 5.67. The standard InChI is InChI=1S/C8H13ClN6O/c1-10-7-12-6(9)13-8(14-7)11-4-5(16)15(2)3/h4H2,1-3H3,(H2,10,11,12,13,14). The molecule has 0 aliphatic rings. The van der Waals surface area contributed by atoms with E-state index in [9.17, 15) is 4.79 Å². The van der Waals surface area contributed by atoms with E-state index in [1.54, 1.807) is 21.1 Å². The molecule has 0 unspecified atom stereocenters. The highest BCUT2D eigenvalue weighted by molar-refractivity contribution is 6.28. The molecule has 1 aromatic heterocycles. The summed E-state index contributed by atoms with van der Waals surface area (Å²) < 4.78 is 0. The van der Waals surface area contributed by atoms with Crippen molar-refractivity contribution in [3.05, 3.63) is 5.28 Å². The van der Waals surface area contributed by atoms with Gasteiger partial charge in [0.1, 0.15) is 0 Å². The summed E-state index contributed by atoms with van der Waals surface area (Å²) in [4.78, 5) is 24.4. The molecule has 0 radical (unpaired) electrons. The van der Waals surface area contributed by atoms with E-state index in [1.165, 1.54) is 4.90 Å². The van der Waals surface area contributed by atoms with Crippen LogP contribution in [0.2, 0.25) is 5.28 Å². The molecule has 0 aliphatic carbocycles. The summed E-state index contributed by atoms with van der Waals surface area (Å²) in [5.74, 6) is 0.530. The number of nitrogens with one attached hydrogen (secondary N) is 2. The largest absolute Gasteiger partial charge is 0.357 e. The maximum Gasteiger partial charge on any atom is 0.241 e. The van der Waals surface area contributed by atoms with Crippen LogP contribution in [-0.4, -0.2) is 53.4 Å². The molecule has 0 atom stereocenters. The summed E-state index contributed by atoms with van der Waals surface area (Å²) in [6, 6.07) is 0. The zero-order valence-electron chi connectivity index (χ0n) is 9.28. The minimum Gasteiger partial charge on any atom is -0.357 e. The fourth-order valence-electron chi connectivity index (χ4n) is 0.854. The predicted octanol–water partition coefficient (Wildman–Crippen LogP) is 0.0668. The van der Waals surface area contributed by atoms with Gasteiger partial charge in [0.2, 0.25) is 23.1 Å². The molecule has 0 aliphatic heterocycles. The molecule has 1 heterocycles. The van der Waals surface area contributed by atoms with Crippen LogP contribution in [0.3, 0.4) is 0 Å². The van der Waals surface area contributed by atoms with Gasteiger partial charge in [0, 0.05) is 21.1 Å². The molecule has 16 heavy (non-hydrogen) atoms. The third-order valence-corrected chi connectivity index (χ3v) is 1.90. The number of carbonyl (C=O) groups excluding carboxylic acids is 1. The van der Waals surface area contributed by atoms with Crippen molar-refractivity contribution in [1.82, 2.24) is 19.9 Å². The van der Waals surface area contributed by atoms with E-state index in [0.29, 0.717) is 5.95 Å². The molecule has 2 N–H and O–H groups in total. The highest BCUT2D eigenvalue weighted by atomic mass is 35.5. The van der Waals surface area contributed by atoms with Crippen molar-refractivity contribution in [2.45, 2.75) is 0 Å². The number of anilines is 2. The van der Waals surface area contributed by atoms with Crippen LogP contribution < -0.4 is 10.6 Å². The number of carbonyl (C=O) groups is 1. The molecule has 7 nitrogen and oxygen atoms in total. The third kappa shape index (κ3) is 3.50. The van der Waals surface area contributed by atoms with Gasteiger partial charge in [-0.2, -0.15) is 15.0 Å². The van der Waals surface area contributed by atoms with Crippen molar-refractivity contribution < 1.29 is 4.79 Å². The molecule has 0 aromatic carbocycles. The Morgan fingerprint density at radius 2 is 1.94 bits per heavy atom. The van der Waals surface area contributed by atoms with Crippen molar-refractivity contribution in [2.24, 2.45) is 0 Å². The first-order valence-corrected chi connectivity index (χ1v) is 4.94. The Hall–Kier alpha value is -1.63. The second-order valence-corrected chi connectivity index (χ2v) is 3.48. The molecule has 1 aromatic rings. The summed E-state index contributed by atoms with van der Waals surface area (Å²) in [6.07, 6.45) is 0. The van der Waals surface area contributed by atoms with Crippen molar-refractivity contribution >= 4 is 29.4 Å². The molecule has 88 valence electrons. The first-order chi connectivity index (χ1) is 7.52. The zero-order chi connectivity index (χ0) is 12.1. The highest BCUT2D eigenvalue weighted by Gasteiger charge is 2.07. The topological polar surface area (TPSA) is 83.0 Å². The van der Waals surface area contributed by atoms with Gasteiger partial charge in [0.05, 0.1) is 6.54 Å². The van der Waals surface area contributed by atoms with Gasteiger partial charge in [0.15, 0.2) is 0 Å². The fourth-order valence-corrected chi connectivity index (χ4v) is 1.01. The number of likely N-dealkylation sites (N-methyl/N-ethyl adjacent to an activating group) is 1. The molecule has 0 bridgehead atoms. The second-order valence-electron chi connectivity index (χ2n) is 3.14. The molecule has 0 saturated carbocycles. The Bertz CT molecular complexity index is 383. The lowest BCUT2D eigenvalue weighted by Gasteiger charge is -2.11. The van der Waals surface area contributed by atoms with Crippen LogP contribution in [0, 0.1) is 0 Å². The van der Waals surface area contributed by atoms with Gasteiger partial charge in [-0.05, 0) is 11.6 Å². The van der Waals surface area contributed by atoms with E-state index in [2.05, 4.69) is 25.6 Å². The lowest BCUT2D eigenvalue weighted by Crippen LogP contribution is -2.29. The number of hydrogen-bond acceptors (Lipinski definition) is 6. The minimum atomic E-state index is -0.0810. The van der Waals surface area contributed by atoms with Crippen LogP contribution in [0.1, 0.15) is 0 Å². The minimum absolute atomic E-state index is 0.0687. The summed E-state index contributed by atoms with van der Waals surface area (Å²) in [5, 5.41) is 5.57. The van der Waals surface area contributed by atoms with Crippen LogP contribution in [0.5, 0.6) is 0 Å². The van der Waals surface area contributed by atoms with Crippen LogP contribution in [0.4, 0.5) is 11.9 Å². The fraction of sp³-hybridized carbons (Fsp3) is 0.500. The zero-order valence-corrected chi connectivity index (χ0v) is 10.0. The average Bonchev–Trinajstić information content (AvgIpc) is 2.24. The quantitative estimate of drug-likeness (QED) is 0.780. The monoisotopic (exact) mass is 244 g/mol. The lowest BCUT2D eigenvalue weighted by atomic mass is 10.5. The number of amides is 1. The number of halogens is 1. The van der Waals surface area contributed by atoms with E-state index >= 15 is 0 Å². The van der Waals surface area contributed by atoms with Crippen LogP contribution in [0.15, 0.2) is 0 Å². The van der Waals surface area contributed by atoms with E-state index < -0.39 is 0 Å². The molecule has 0 fully saturated rings. The van der Waals surface area contributed by atoms with Crippen molar-refractivity contribution in [3.63, 3.8) is 0 Å².